The summed E-state index contributed by atoms with van der Waals surface area (Å²) in [6.45, 7) is 1.86. The molecule has 11 heteroatoms. The number of halogens is 5. The minimum atomic E-state index is -4.84. The van der Waals surface area contributed by atoms with Crippen molar-refractivity contribution in [2.24, 2.45) is 5.73 Å². The van der Waals surface area contributed by atoms with E-state index in [0.29, 0.717) is 11.6 Å². The van der Waals surface area contributed by atoms with E-state index in [1.165, 1.54) is 31.2 Å². The smallest absolute Gasteiger partial charge is 0.368 e. The molecule has 2 aromatic carbocycles. The first kappa shape index (κ1) is 25.9. The average Bonchev–Trinajstić information content (AvgIpc) is 2.85. The van der Waals surface area contributed by atoms with Crippen LogP contribution in [0.2, 0.25) is 0 Å². The van der Waals surface area contributed by atoms with Gasteiger partial charge in [-0.1, -0.05) is 23.3 Å². The molecule has 0 bridgehead atoms. The number of carbonyl (C=O) groups excluding carboxylic acids is 3. The van der Waals surface area contributed by atoms with Gasteiger partial charge in [0, 0.05) is 30.2 Å². The molecular formula is C24H22F5N3O3. The number of primary amides is 1. The molecule has 1 aliphatic rings. The number of anilines is 1. The Labute approximate surface area is 197 Å². The van der Waals surface area contributed by atoms with Crippen molar-refractivity contribution >= 4 is 29.0 Å². The van der Waals surface area contributed by atoms with E-state index in [1.807, 2.05) is 0 Å². The molecule has 35 heavy (non-hydrogen) atoms. The zero-order valence-electron chi connectivity index (χ0n) is 18.8. The Morgan fingerprint density at radius 3 is 2.34 bits per heavy atom. The Balaban J connectivity index is 2.16. The molecule has 1 aliphatic heterocycles. The van der Waals surface area contributed by atoms with Gasteiger partial charge in [0.05, 0.1) is 23.4 Å². The highest BCUT2D eigenvalue weighted by Gasteiger charge is 2.43. The minimum Gasteiger partial charge on any atom is -0.368 e. The Morgan fingerprint density at radius 2 is 1.71 bits per heavy atom. The number of nitrogens with one attached hydrogen (secondary N) is 1. The molecule has 1 heterocycles. The number of nitrogens with zero attached hydrogens (tertiary/aromatic N) is 1. The van der Waals surface area contributed by atoms with Crippen LogP contribution in [0.25, 0.3) is 5.57 Å². The third-order valence-electron chi connectivity index (χ3n) is 5.44. The molecule has 0 fully saturated rings. The molecule has 0 radical (unpaired) electrons. The van der Waals surface area contributed by atoms with Gasteiger partial charge in [-0.3, -0.25) is 14.4 Å². The van der Waals surface area contributed by atoms with Crippen LogP contribution in [-0.2, 0) is 15.8 Å². The number of allylic oxidation sites excluding steroid dienone is 1. The largest absolute Gasteiger partial charge is 0.417 e. The minimum absolute atomic E-state index is 0.0691. The van der Waals surface area contributed by atoms with E-state index < -0.39 is 66.0 Å². The van der Waals surface area contributed by atoms with Crippen molar-refractivity contribution in [1.82, 2.24) is 5.32 Å². The van der Waals surface area contributed by atoms with Crippen LogP contribution in [0.4, 0.5) is 27.6 Å². The first-order valence-electron chi connectivity index (χ1n) is 10.5. The topological polar surface area (TPSA) is 92.5 Å². The lowest BCUT2D eigenvalue weighted by Crippen LogP contribution is -2.34. The average molecular weight is 495 g/mol. The summed E-state index contributed by atoms with van der Waals surface area (Å²) in [5.74, 6) is -6.60. The second-order valence-electron chi connectivity index (χ2n) is 8.22. The molecule has 186 valence electrons. The first-order valence-corrected chi connectivity index (χ1v) is 10.5. The van der Waals surface area contributed by atoms with Gasteiger partial charge in [-0.2, -0.15) is 13.2 Å². The van der Waals surface area contributed by atoms with Crippen molar-refractivity contribution < 1.29 is 36.3 Å². The molecule has 0 atom stereocenters. The molecule has 3 amide bonds. The summed E-state index contributed by atoms with van der Waals surface area (Å²) in [7, 11) is 0. The van der Waals surface area contributed by atoms with Crippen molar-refractivity contribution in [3.05, 3.63) is 70.3 Å². The van der Waals surface area contributed by atoms with Crippen LogP contribution in [0, 0.1) is 13.8 Å². The molecule has 2 aromatic rings. The predicted molar refractivity (Wildman–Crippen MR) is 119 cm³/mol. The zero-order chi connectivity index (χ0) is 26.1. The van der Waals surface area contributed by atoms with Crippen LogP contribution in [0.1, 0.15) is 39.0 Å². The Bertz CT molecular complexity index is 1220. The molecule has 0 saturated carbocycles. The van der Waals surface area contributed by atoms with E-state index in [9.17, 15) is 27.6 Å². The number of nitrogens with two attached hydrogens (primary N) is 1. The second kappa shape index (κ2) is 9.47. The number of aryl methyl sites for hydroxylation is 2. The predicted octanol–water partition coefficient (Wildman–Crippen LogP) is 3.99. The maximum Gasteiger partial charge on any atom is 0.417 e. The molecule has 0 saturated heterocycles. The number of hydrogen-bond acceptors (Lipinski definition) is 3. The van der Waals surface area contributed by atoms with Crippen LogP contribution in [0.15, 0.2) is 42.5 Å². The van der Waals surface area contributed by atoms with E-state index in [4.69, 9.17) is 5.73 Å². The maximum atomic E-state index is 15.2. The van der Waals surface area contributed by atoms with E-state index in [-0.39, 0.29) is 16.8 Å². The summed E-state index contributed by atoms with van der Waals surface area (Å²) in [5, 5.41) is 2.09. The van der Waals surface area contributed by atoms with Gasteiger partial charge in [0.2, 0.25) is 11.8 Å². The molecule has 0 unspecified atom stereocenters. The standard InChI is InChI=1S/C24H22F5N3O3/c1-13-4-6-19-16(9-13)17(11-21(34)31-12-20(30)33)23(25,26)7-8-32(19)22(35)15-5-3-14(2)10-18(15)24(27,28)29/h3-6,9-11H,7-8,12H2,1-2H3,(H2,30,33)(H,31,34)/b17-11-. The van der Waals surface area contributed by atoms with E-state index in [2.05, 4.69) is 5.32 Å². The molecule has 0 spiro atoms. The fraction of sp³-hybridized carbons (Fsp3) is 0.292. The van der Waals surface area contributed by atoms with E-state index in [0.717, 1.165) is 17.0 Å². The highest BCUT2D eigenvalue weighted by molar-refractivity contribution is 6.10. The van der Waals surface area contributed by atoms with Gasteiger partial charge in [0.1, 0.15) is 0 Å². The number of hydrogen-bond donors (Lipinski definition) is 2. The Morgan fingerprint density at radius 1 is 1.09 bits per heavy atom. The summed E-state index contributed by atoms with van der Waals surface area (Å²) in [6.07, 6.45) is -5.18. The monoisotopic (exact) mass is 495 g/mol. The third-order valence-corrected chi connectivity index (χ3v) is 5.44. The highest BCUT2D eigenvalue weighted by atomic mass is 19.4. The first-order chi connectivity index (χ1) is 16.2. The van der Waals surface area contributed by atoms with Gasteiger partial charge >= 0.3 is 6.18 Å². The second-order valence-corrected chi connectivity index (χ2v) is 8.22. The normalized spacial score (nSPS) is 16.4. The van der Waals surface area contributed by atoms with E-state index in [1.54, 1.807) is 6.92 Å². The van der Waals surface area contributed by atoms with Crippen molar-refractivity contribution in [3.8, 4) is 0 Å². The van der Waals surface area contributed by atoms with Gasteiger partial charge in [-0.05, 0) is 38.1 Å². The SMILES string of the molecule is Cc1ccc2c(c1)/C(=C/C(=O)NCC(N)=O)C(F)(F)CCN2C(=O)c1ccc(C)cc1C(F)(F)F. The quantitative estimate of drug-likeness (QED) is 0.496. The van der Waals surface area contributed by atoms with Crippen molar-refractivity contribution in [2.45, 2.75) is 32.4 Å². The summed E-state index contributed by atoms with van der Waals surface area (Å²) in [6, 6.07) is 7.37. The van der Waals surface area contributed by atoms with Crippen molar-refractivity contribution in [3.63, 3.8) is 0 Å². The number of carbonyl (C=O) groups is 3. The van der Waals surface area contributed by atoms with Crippen molar-refractivity contribution in [1.29, 1.82) is 0 Å². The number of fused-ring (bicyclic) bond motifs is 1. The number of rotatable bonds is 4. The summed E-state index contributed by atoms with van der Waals surface area (Å²) < 4.78 is 71.4. The van der Waals surface area contributed by atoms with Crippen LogP contribution in [0.5, 0.6) is 0 Å². The lowest BCUT2D eigenvalue weighted by molar-refractivity contribution is -0.138. The fourth-order valence-corrected chi connectivity index (χ4v) is 3.78. The van der Waals surface area contributed by atoms with Crippen LogP contribution >= 0.6 is 0 Å². The Hall–Kier alpha value is -3.76. The number of benzene rings is 2. The lowest BCUT2D eigenvalue weighted by Gasteiger charge is -2.25. The van der Waals surface area contributed by atoms with Gasteiger partial charge in [-0.15, -0.1) is 0 Å². The van der Waals surface area contributed by atoms with Gasteiger partial charge in [0.25, 0.3) is 11.8 Å². The summed E-state index contributed by atoms with van der Waals surface area (Å²) >= 11 is 0. The summed E-state index contributed by atoms with van der Waals surface area (Å²) in [5.41, 5.74) is 2.92. The lowest BCUT2D eigenvalue weighted by atomic mass is 9.95. The third kappa shape index (κ3) is 5.67. The van der Waals surface area contributed by atoms with Crippen LogP contribution in [-0.4, -0.2) is 36.7 Å². The molecule has 0 aromatic heterocycles. The molecule has 0 aliphatic carbocycles. The number of amides is 3. The van der Waals surface area contributed by atoms with Crippen LogP contribution < -0.4 is 16.0 Å². The zero-order valence-corrected chi connectivity index (χ0v) is 18.8. The van der Waals surface area contributed by atoms with E-state index >= 15 is 8.78 Å². The van der Waals surface area contributed by atoms with Gasteiger partial charge in [0.15, 0.2) is 0 Å². The van der Waals surface area contributed by atoms with Gasteiger partial charge < -0.3 is 16.0 Å². The van der Waals surface area contributed by atoms with Gasteiger partial charge in [-0.25, -0.2) is 8.78 Å². The fourth-order valence-electron chi connectivity index (χ4n) is 3.78. The molecule has 3 N–H and O–H groups in total. The van der Waals surface area contributed by atoms with Crippen LogP contribution in [0.3, 0.4) is 0 Å². The maximum absolute atomic E-state index is 15.2. The Kier molecular flexibility index (Phi) is 7.00. The number of alkyl halides is 5. The highest BCUT2D eigenvalue weighted by Crippen LogP contribution is 2.44. The molecule has 6 nitrogen and oxygen atoms in total. The summed E-state index contributed by atoms with van der Waals surface area (Å²) in [4.78, 5) is 37.3. The van der Waals surface area contributed by atoms with Crippen molar-refractivity contribution in [2.75, 3.05) is 18.0 Å². The molecular weight excluding hydrogens is 473 g/mol. The molecule has 3 rings (SSSR count).